The Morgan fingerprint density at radius 2 is 0.917 bits per heavy atom. The molecule has 1 saturated carbocycles. The smallest absolute Gasteiger partial charge is 0.127 e. The average molecular weight is 479 g/mol. The van der Waals surface area contributed by atoms with E-state index in [0.29, 0.717) is 0 Å². The van der Waals surface area contributed by atoms with Crippen LogP contribution in [0, 0.1) is 5.92 Å². The lowest BCUT2D eigenvalue weighted by Gasteiger charge is -2.41. The fourth-order valence-electron chi connectivity index (χ4n) is 5.35. The fourth-order valence-corrected chi connectivity index (χ4v) is 5.35. The van der Waals surface area contributed by atoms with Gasteiger partial charge in [-0.25, -0.2) is 0 Å². The van der Waals surface area contributed by atoms with Crippen molar-refractivity contribution in [2.24, 2.45) is 5.92 Å². The summed E-state index contributed by atoms with van der Waals surface area (Å²) in [5, 5.41) is 0. The summed E-state index contributed by atoms with van der Waals surface area (Å²) in [4.78, 5) is 0. The third kappa shape index (κ3) is 5.18. The van der Waals surface area contributed by atoms with Crippen LogP contribution >= 0.6 is 0 Å². The number of nitrogens with two attached hydrogens (primary N) is 2. The van der Waals surface area contributed by atoms with E-state index in [1.54, 1.807) is 0 Å². The van der Waals surface area contributed by atoms with E-state index in [1.165, 1.54) is 30.4 Å². The second kappa shape index (κ2) is 10.4. The van der Waals surface area contributed by atoms with Gasteiger partial charge in [-0.05, 0) is 116 Å². The molecule has 0 radical (unpaired) electrons. The van der Waals surface area contributed by atoms with E-state index in [9.17, 15) is 0 Å². The number of hydrogen-bond acceptors (Lipinski definition) is 4. The lowest BCUT2D eigenvalue weighted by molar-refractivity contribution is 0.260. The van der Waals surface area contributed by atoms with Gasteiger partial charge in [0, 0.05) is 16.8 Å². The molecule has 0 saturated heterocycles. The minimum absolute atomic E-state index is 0.00880. The maximum atomic E-state index is 6.05. The summed E-state index contributed by atoms with van der Waals surface area (Å²) in [6.07, 6.45) is 6.01. The Labute approximate surface area is 213 Å². The normalized spacial score (nSPS) is 15.4. The summed E-state index contributed by atoms with van der Waals surface area (Å²) in [6, 6.07) is 32.2. The Morgan fingerprint density at radius 1 is 0.583 bits per heavy atom. The van der Waals surface area contributed by atoms with E-state index in [4.69, 9.17) is 20.9 Å². The molecule has 0 unspecified atom stereocenters. The van der Waals surface area contributed by atoms with Crippen molar-refractivity contribution >= 4 is 11.4 Å². The Hall–Kier alpha value is -3.92. The zero-order chi connectivity index (χ0) is 25.0. The van der Waals surface area contributed by atoms with E-state index in [-0.39, 0.29) is 5.41 Å². The number of nitrogen functional groups attached to an aromatic ring is 2. The summed E-state index contributed by atoms with van der Waals surface area (Å²) in [5.41, 5.74) is 15.7. The van der Waals surface area contributed by atoms with Gasteiger partial charge in [-0.15, -0.1) is 0 Å². The molecule has 36 heavy (non-hydrogen) atoms. The highest BCUT2D eigenvalue weighted by atomic mass is 16.5. The molecular formula is C32H34N2O2. The second-order valence-electron chi connectivity index (χ2n) is 9.82. The first-order valence-corrected chi connectivity index (χ1v) is 12.8. The first-order valence-electron chi connectivity index (χ1n) is 12.8. The minimum atomic E-state index is -0.00880. The molecule has 0 atom stereocenters. The second-order valence-corrected chi connectivity index (χ2v) is 9.82. The number of hydrogen-bond donors (Lipinski definition) is 2. The first kappa shape index (κ1) is 23.8. The molecular weight excluding hydrogens is 444 g/mol. The summed E-state index contributed by atoms with van der Waals surface area (Å²) in [7, 11) is 0. The van der Waals surface area contributed by atoms with Crippen molar-refractivity contribution in [2.75, 3.05) is 11.5 Å². The first-order chi connectivity index (χ1) is 17.5. The molecule has 4 nitrogen and oxygen atoms in total. The Balaban J connectivity index is 1.39. The lowest BCUT2D eigenvalue weighted by atomic mass is 9.63. The van der Waals surface area contributed by atoms with Gasteiger partial charge < -0.3 is 20.9 Å². The molecule has 0 heterocycles. The molecule has 4 aromatic rings. The lowest BCUT2D eigenvalue weighted by Crippen LogP contribution is -2.33. The monoisotopic (exact) mass is 478 g/mol. The molecule has 0 bridgehead atoms. The molecule has 1 fully saturated rings. The van der Waals surface area contributed by atoms with Gasteiger partial charge in [0.1, 0.15) is 23.0 Å². The van der Waals surface area contributed by atoms with Crippen LogP contribution in [0.25, 0.3) is 0 Å². The van der Waals surface area contributed by atoms with Crippen molar-refractivity contribution in [3.05, 3.63) is 108 Å². The Morgan fingerprint density at radius 3 is 1.25 bits per heavy atom. The van der Waals surface area contributed by atoms with Gasteiger partial charge in [-0.2, -0.15) is 0 Å². The Bertz CT molecular complexity index is 1160. The maximum absolute atomic E-state index is 6.05. The van der Waals surface area contributed by atoms with Gasteiger partial charge in [0.05, 0.1) is 0 Å². The van der Waals surface area contributed by atoms with E-state index >= 15 is 0 Å². The quantitative estimate of drug-likeness (QED) is 0.262. The van der Waals surface area contributed by atoms with E-state index in [0.717, 1.165) is 53.1 Å². The standard InChI is InChI=1S/C32H34N2O2/c1-2-23-19-21-32(22-20-23,24-3-11-28(12-4-24)35-30-15-7-26(33)8-16-30)25-5-13-29(14-6-25)36-31-17-9-27(34)10-18-31/h3-18,23H,2,19-22,33-34H2,1H3. The van der Waals surface area contributed by atoms with Gasteiger partial charge in [0.2, 0.25) is 0 Å². The molecule has 4 N–H and O–H groups in total. The average Bonchev–Trinajstić information content (AvgIpc) is 2.92. The van der Waals surface area contributed by atoms with Crippen LogP contribution in [0.5, 0.6) is 23.0 Å². The van der Waals surface area contributed by atoms with E-state index in [1.807, 2.05) is 48.5 Å². The van der Waals surface area contributed by atoms with Crippen molar-refractivity contribution in [3.8, 4) is 23.0 Å². The largest absolute Gasteiger partial charge is 0.457 e. The van der Waals surface area contributed by atoms with Crippen LogP contribution in [-0.2, 0) is 5.41 Å². The van der Waals surface area contributed by atoms with Crippen LogP contribution in [0.4, 0.5) is 11.4 Å². The fraction of sp³-hybridized carbons (Fsp3) is 0.250. The maximum Gasteiger partial charge on any atom is 0.127 e. The zero-order valence-electron chi connectivity index (χ0n) is 20.8. The molecule has 184 valence electrons. The van der Waals surface area contributed by atoms with Crippen LogP contribution in [0.1, 0.15) is 50.2 Å². The van der Waals surface area contributed by atoms with Crippen molar-refractivity contribution in [2.45, 2.75) is 44.4 Å². The number of benzene rings is 4. The predicted octanol–water partition coefficient (Wildman–Crippen LogP) is 8.32. The van der Waals surface area contributed by atoms with Gasteiger partial charge >= 0.3 is 0 Å². The minimum Gasteiger partial charge on any atom is -0.457 e. The van der Waals surface area contributed by atoms with Gasteiger partial charge in [0.15, 0.2) is 0 Å². The molecule has 0 amide bonds. The van der Waals surface area contributed by atoms with E-state index < -0.39 is 0 Å². The predicted molar refractivity (Wildman–Crippen MR) is 148 cm³/mol. The topological polar surface area (TPSA) is 70.5 Å². The number of rotatable bonds is 7. The molecule has 1 aliphatic rings. The summed E-state index contributed by atoms with van der Waals surface area (Å²) in [6.45, 7) is 2.31. The molecule has 4 heteroatoms. The molecule has 4 aromatic carbocycles. The van der Waals surface area contributed by atoms with Crippen molar-refractivity contribution in [1.29, 1.82) is 0 Å². The van der Waals surface area contributed by atoms with Crippen LogP contribution in [0.2, 0.25) is 0 Å². The Kier molecular flexibility index (Phi) is 6.86. The van der Waals surface area contributed by atoms with E-state index in [2.05, 4.69) is 55.5 Å². The van der Waals surface area contributed by atoms with Crippen molar-refractivity contribution < 1.29 is 9.47 Å². The van der Waals surface area contributed by atoms with Crippen LogP contribution < -0.4 is 20.9 Å². The molecule has 0 spiro atoms. The van der Waals surface area contributed by atoms with Gasteiger partial charge in [0.25, 0.3) is 0 Å². The third-order valence-electron chi connectivity index (χ3n) is 7.58. The molecule has 0 aliphatic heterocycles. The zero-order valence-corrected chi connectivity index (χ0v) is 20.8. The van der Waals surface area contributed by atoms with Gasteiger partial charge in [-0.1, -0.05) is 37.6 Å². The number of ether oxygens (including phenoxy) is 2. The van der Waals surface area contributed by atoms with Crippen LogP contribution in [-0.4, -0.2) is 0 Å². The van der Waals surface area contributed by atoms with Gasteiger partial charge in [-0.3, -0.25) is 0 Å². The number of anilines is 2. The molecule has 1 aliphatic carbocycles. The summed E-state index contributed by atoms with van der Waals surface area (Å²) < 4.78 is 12.1. The highest BCUT2D eigenvalue weighted by Crippen LogP contribution is 2.48. The highest BCUT2D eigenvalue weighted by Gasteiger charge is 2.38. The van der Waals surface area contributed by atoms with Crippen LogP contribution in [0.15, 0.2) is 97.1 Å². The van der Waals surface area contributed by atoms with Crippen molar-refractivity contribution in [1.82, 2.24) is 0 Å². The third-order valence-corrected chi connectivity index (χ3v) is 7.58. The SMILES string of the molecule is CCC1CCC(c2ccc(Oc3ccc(N)cc3)cc2)(c2ccc(Oc3ccc(N)cc3)cc2)CC1. The summed E-state index contributed by atoms with van der Waals surface area (Å²) >= 11 is 0. The highest BCUT2D eigenvalue weighted by molar-refractivity contribution is 5.47. The molecule has 5 rings (SSSR count). The molecule has 0 aromatic heterocycles. The van der Waals surface area contributed by atoms with Crippen molar-refractivity contribution in [3.63, 3.8) is 0 Å². The van der Waals surface area contributed by atoms with Crippen LogP contribution in [0.3, 0.4) is 0 Å². The summed E-state index contributed by atoms with van der Waals surface area (Å²) in [5.74, 6) is 4.03.